The third-order valence-corrected chi connectivity index (χ3v) is 9.98. The lowest BCUT2D eigenvalue weighted by atomic mass is 9.64. The number of aliphatic carboxylic acids is 1. The van der Waals surface area contributed by atoms with Gasteiger partial charge in [0.2, 0.25) is 11.8 Å². The molecule has 0 spiro atoms. The van der Waals surface area contributed by atoms with Gasteiger partial charge in [0.25, 0.3) is 0 Å². The van der Waals surface area contributed by atoms with Gasteiger partial charge in [0.1, 0.15) is 6.04 Å². The maximum absolute atomic E-state index is 13.0. The number of likely N-dealkylation sites (tertiary alicyclic amines) is 1. The zero-order valence-corrected chi connectivity index (χ0v) is 16.7. The van der Waals surface area contributed by atoms with Gasteiger partial charge in [-0.2, -0.15) is 0 Å². The van der Waals surface area contributed by atoms with Crippen LogP contribution in [0.15, 0.2) is 9.82 Å². The number of aromatic amines is 1. The molecule has 2 bridgehead atoms. The number of fused-ring (bicyclic) bond motifs is 9. The molecule has 144 valence electrons. The second kappa shape index (κ2) is 5.26. The number of thiazole rings is 1. The van der Waals surface area contributed by atoms with Crippen molar-refractivity contribution in [3.8, 4) is 0 Å². The van der Waals surface area contributed by atoms with Crippen LogP contribution in [0.25, 0.3) is 0 Å². The summed E-state index contributed by atoms with van der Waals surface area (Å²) in [4.78, 5) is 54.2. The van der Waals surface area contributed by atoms with E-state index in [4.69, 9.17) is 0 Å². The molecular formula is C18H20N2O5S2. The summed E-state index contributed by atoms with van der Waals surface area (Å²) in [5, 5.41) is 10.4. The van der Waals surface area contributed by atoms with Gasteiger partial charge in [-0.05, 0) is 31.1 Å². The number of carboxylic acid groups (broad SMARTS) is 1. The number of rotatable bonds is 2. The molecule has 9 heteroatoms. The van der Waals surface area contributed by atoms with Crippen molar-refractivity contribution in [3.05, 3.63) is 14.5 Å². The smallest absolute Gasteiger partial charge is 0.326 e. The highest BCUT2D eigenvalue weighted by molar-refractivity contribution is 8.00. The molecule has 5 rings (SSSR count). The Balaban J connectivity index is 1.57. The molecular weight excluding hydrogens is 388 g/mol. The van der Waals surface area contributed by atoms with Crippen molar-refractivity contribution in [2.24, 2.45) is 29.6 Å². The molecule has 2 amide bonds. The number of carbonyl (C=O) groups excluding carboxylic acids is 2. The van der Waals surface area contributed by atoms with Crippen molar-refractivity contribution in [2.45, 2.75) is 48.9 Å². The number of H-pyrrole nitrogens is 1. The lowest BCUT2D eigenvalue weighted by Gasteiger charge is -2.47. The molecule has 2 saturated carbocycles. The van der Waals surface area contributed by atoms with Crippen LogP contribution in [0.5, 0.6) is 0 Å². The second-order valence-corrected chi connectivity index (χ2v) is 10.8. The van der Waals surface area contributed by atoms with E-state index in [1.165, 1.54) is 18.3 Å². The van der Waals surface area contributed by atoms with Gasteiger partial charge in [-0.1, -0.05) is 25.2 Å². The zero-order valence-electron chi connectivity index (χ0n) is 15.1. The molecule has 0 unspecified atom stereocenters. The van der Waals surface area contributed by atoms with E-state index in [0.717, 1.165) is 21.2 Å². The van der Waals surface area contributed by atoms with Gasteiger partial charge in [0, 0.05) is 15.5 Å². The molecule has 3 fully saturated rings. The first-order valence-corrected chi connectivity index (χ1v) is 10.8. The highest BCUT2D eigenvalue weighted by Crippen LogP contribution is 2.68. The fourth-order valence-corrected chi connectivity index (χ4v) is 9.32. The van der Waals surface area contributed by atoms with E-state index in [9.17, 15) is 24.3 Å². The van der Waals surface area contributed by atoms with E-state index in [1.54, 1.807) is 11.8 Å². The lowest BCUT2D eigenvalue weighted by Crippen LogP contribution is -2.48. The van der Waals surface area contributed by atoms with E-state index in [0.29, 0.717) is 0 Å². The molecule has 0 aromatic carbocycles. The van der Waals surface area contributed by atoms with Gasteiger partial charge in [-0.3, -0.25) is 19.3 Å². The molecule has 1 aromatic rings. The van der Waals surface area contributed by atoms with Gasteiger partial charge in [0.05, 0.1) is 16.9 Å². The van der Waals surface area contributed by atoms with E-state index in [2.05, 4.69) is 18.8 Å². The van der Waals surface area contributed by atoms with Crippen LogP contribution in [0, 0.1) is 29.6 Å². The first-order chi connectivity index (χ1) is 12.6. The molecule has 2 N–H and O–H groups in total. The van der Waals surface area contributed by atoms with Crippen molar-refractivity contribution in [1.29, 1.82) is 0 Å². The largest absolute Gasteiger partial charge is 0.480 e. The fourth-order valence-electron chi connectivity index (χ4n) is 6.17. The molecule has 2 aliphatic heterocycles. The Morgan fingerprint density at radius 3 is 2.48 bits per heavy atom. The second-order valence-electron chi connectivity index (χ2n) is 8.68. The quantitative estimate of drug-likeness (QED) is 0.719. The summed E-state index contributed by atoms with van der Waals surface area (Å²) in [5.41, 5.74) is -0.255. The Kier molecular flexibility index (Phi) is 3.40. The maximum atomic E-state index is 13.0. The molecule has 0 radical (unpaired) electrons. The van der Waals surface area contributed by atoms with Gasteiger partial charge < -0.3 is 10.1 Å². The van der Waals surface area contributed by atoms with Crippen molar-refractivity contribution >= 4 is 40.9 Å². The van der Waals surface area contributed by atoms with Gasteiger partial charge in [0.15, 0.2) is 0 Å². The van der Waals surface area contributed by atoms with Crippen LogP contribution in [0.3, 0.4) is 0 Å². The standard InChI is InChI=1S/C18H20N2O5S2/c1-5(16(23)24)20-14(21)8-6-4-7(9(8)15(20)22)11-10(6)18(2,3)12-13(26-11)19-17(25)27-12/h5-11H,4H2,1-3H3,(H,19,25)(H,23,24)/t5-,6+,7+,8-,9+,10-,11-/m1/s1. The minimum absolute atomic E-state index is 0.0493. The molecule has 7 nitrogen and oxygen atoms in total. The number of carbonyl (C=O) groups is 3. The first kappa shape index (κ1) is 17.5. The number of imide groups is 1. The normalized spacial score (nSPS) is 39.3. The molecule has 3 heterocycles. The highest BCUT2D eigenvalue weighted by Gasteiger charge is 2.71. The van der Waals surface area contributed by atoms with Gasteiger partial charge in [-0.15, -0.1) is 11.8 Å². The van der Waals surface area contributed by atoms with Crippen LogP contribution in [-0.2, 0) is 19.8 Å². The average molecular weight is 409 g/mol. The van der Waals surface area contributed by atoms with Crippen molar-refractivity contribution in [2.75, 3.05) is 0 Å². The zero-order chi connectivity index (χ0) is 19.4. The number of carboxylic acids is 1. The van der Waals surface area contributed by atoms with Gasteiger partial charge >= 0.3 is 10.8 Å². The van der Waals surface area contributed by atoms with E-state index < -0.39 is 23.8 Å². The number of amides is 2. The summed E-state index contributed by atoms with van der Waals surface area (Å²) in [7, 11) is 0. The number of thioether (sulfide) groups is 1. The monoisotopic (exact) mass is 408 g/mol. The van der Waals surface area contributed by atoms with Gasteiger partial charge in [-0.25, -0.2) is 4.79 Å². The van der Waals surface area contributed by atoms with Crippen LogP contribution in [0.2, 0.25) is 0 Å². The summed E-state index contributed by atoms with van der Waals surface area (Å²) in [6.07, 6.45) is 0.826. The number of nitrogens with one attached hydrogen (secondary N) is 1. The molecule has 4 aliphatic rings. The van der Waals surface area contributed by atoms with E-state index in [1.807, 2.05) is 0 Å². The Hall–Kier alpha value is -1.61. The Bertz CT molecular complexity index is 950. The summed E-state index contributed by atoms with van der Waals surface area (Å²) in [6.45, 7) is 5.65. The minimum atomic E-state index is -1.16. The predicted molar refractivity (Wildman–Crippen MR) is 98.6 cm³/mol. The highest BCUT2D eigenvalue weighted by atomic mass is 32.2. The Morgan fingerprint density at radius 2 is 1.85 bits per heavy atom. The Labute approximate surface area is 163 Å². The maximum Gasteiger partial charge on any atom is 0.326 e. The molecule has 7 atom stereocenters. The van der Waals surface area contributed by atoms with Crippen LogP contribution in [0.4, 0.5) is 0 Å². The summed E-state index contributed by atoms with van der Waals surface area (Å²) in [6, 6.07) is -1.13. The third-order valence-electron chi connectivity index (χ3n) is 7.17. The van der Waals surface area contributed by atoms with E-state index in [-0.39, 0.29) is 45.1 Å². The topological polar surface area (TPSA) is 108 Å². The number of hydrogen-bond donors (Lipinski definition) is 2. The van der Waals surface area contributed by atoms with Crippen LogP contribution < -0.4 is 4.87 Å². The number of aromatic nitrogens is 1. The molecule has 27 heavy (non-hydrogen) atoms. The van der Waals surface area contributed by atoms with Crippen molar-refractivity contribution in [3.63, 3.8) is 0 Å². The van der Waals surface area contributed by atoms with E-state index >= 15 is 0 Å². The SMILES string of the molecule is C[C@H](C(=O)O)N1C(=O)[C@@H]2[C@@H]3C[C@H]([C@H]4Sc5[nH]c(=O)sc5C(C)(C)[C@H]34)[C@@H]2C1=O. The van der Waals surface area contributed by atoms with Crippen LogP contribution >= 0.6 is 23.1 Å². The first-order valence-electron chi connectivity index (χ1n) is 9.14. The average Bonchev–Trinajstić information content (AvgIpc) is 3.29. The van der Waals surface area contributed by atoms with Crippen molar-refractivity contribution < 1.29 is 19.5 Å². The minimum Gasteiger partial charge on any atom is -0.480 e. The third kappa shape index (κ3) is 1.99. The summed E-state index contributed by atoms with van der Waals surface area (Å²) >= 11 is 2.88. The van der Waals surface area contributed by atoms with Crippen LogP contribution in [0.1, 0.15) is 32.1 Å². The molecule has 2 aliphatic carbocycles. The fraction of sp³-hybridized carbons (Fsp3) is 0.667. The van der Waals surface area contributed by atoms with Crippen molar-refractivity contribution in [1.82, 2.24) is 9.88 Å². The molecule has 1 saturated heterocycles. The lowest BCUT2D eigenvalue weighted by molar-refractivity contribution is -0.154. The predicted octanol–water partition coefficient (Wildman–Crippen LogP) is 1.53. The number of hydrogen-bond acceptors (Lipinski definition) is 6. The molecule has 1 aromatic heterocycles. The Morgan fingerprint density at radius 1 is 1.22 bits per heavy atom. The summed E-state index contributed by atoms with van der Waals surface area (Å²) in [5.74, 6) is -2.33. The summed E-state index contributed by atoms with van der Waals surface area (Å²) < 4.78 is 0. The van der Waals surface area contributed by atoms with Crippen LogP contribution in [-0.4, -0.2) is 44.1 Å². The number of nitrogens with zero attached hydrogens (tertiary/aromatic N) is 1.